The van der Waals surface area contributed by atoms with Crippen molar-refractivity contribution in [2.75, 3.05) is 11.4 Å². The largest absolute Gasteiger partial charge is 0.355 e. The maximum atomic E-state index is 12.9. The Balaban J connectivity index is 2.25. The number of para-hydroxylation sites is 1. The summed E-state index contributed by atoms with van der Waals surface area (Å²) in [7, 11) is 0. The van der Waals surface area contributed by atoms with Crippen LogP contribution in [0.2, 0.25) is 0 Å². The van der Waals surface area contributed by atoms with Crippen LogP contribution in [0.15, 0.2) is 24.3 Å². The molecule has 2 rings (SSSR count). The van der Waals surface area contributed by atoms with E-state index in [1.54, 1.807) is 18.7 Å². The number of nitrogens with zero attached hydrogens (tertiary/aromatic N) is 1. The number of hydrogen-bond donors (Lipinski definition) is 1. The zero-order chi connectivity index (χ0) is 15.6. The van der Waals surface area contributed by atoms with Gasteiger partial charge in [0.05, 0.1) is 0 Å². The number of amides is 2. The van der Waals surface area contributed by atoms with E-state index in [2.05, 4.69) is 5.32 Å². The van der Waals surface area contributed by atoms with Gasteiger partial charge in [0, 0.05) is 18.3 Å². The Bertz CT molecular complexity index is 551. The summed E-state index contributed by atoms with van der Waals surface area (Å²) in [6.45, 7) is 8.02. The number of benzene rings is 1. The fourth-order valence-electron chi connectivity index (χ4n) is 2.73. The van der Waals surface area contributed by atoms with Crippen molar-refractivity contribution in [3.63, 3.8) is 0 Å². The smallest absolute Gasteiger partial charge is 0.242 e. The molecule has 0 radical (unpaired) electrons. The van der Waals surface area contributed by atoms with E-state index < -0.39 is 5.41 Å². The number of carbonyl (C=O) groups excluding carboxylic acids is 2. The Morgan fingerprint density at radius 2 is 2.00 bits per heavy atom. The first kappa shape index (κ1) is 15.5. The van der Waals surface area contributed by atoms with Crippen LogP contribution in [-0.4, -0.2) is 24.4 Å². The zero-order valence-corrected chi connectivity index (χ0v) is 13.3. The fourth-order valence-corrected chi connectivity index (χ4v) is 2.73. The second-order valence-corrected chi connectivity index (χ2v) is 6.24. The lowest BCUT2D eigenvalue weighted by molar-refractivity contribution is -0.139. The summed E-state index contributed by atoms with van der Waals surface area (Å²) < 4.78 is 0. The van der Waals surface area contributed by atoms with Gasteiger partial charge < -0.3 is 10.2 Å². The summed E-state index contributed by atoms with van der Waals surface area (Å²) in [4.78, 5) is 27.0. The van der Waals surface area contributed by atoms with Crippen molar-refractivity contribution < 1.29 is 9.59 Å². The molecule has 1 atom stereocenters. The maximum Gasteiger partial charge on any atom is 0.242 e. The van der Waals surface area contributed by atoms with E-state index in [0.717, 1.165) is 18.5 Å². The Labute approximate surface area is 126 Å². The number of anilines is 1. The van der Waals surface area contributed by atoms with E-state index in [9.17, 15) is 9.59 Å². The van der Waals surface area contributed by atoms with Crippen LogP contribution >= 0.6 is 0 Å². The van der Waals surface area contributed by atoms with Crippen molar-refractivity contribution in [1.29, 1.82) is 0 Å². The third kappa shape index (κ3) is 2.80. The highest BCUT2D eigenvalue weighted by atomic mass is 16.2. The van der Waals surface area contributed by atoms with Gasteiger partial charge in [0.15, 0.2) is 0 Å². The molecule has 1 N–H and O–H groups in total. The van der Waals surface area contributed by atoms with Crippen LogP contribution in [0.25, 0.3) is 0 Å². The first-order chi connectivity index (χ1) is 9.89. The van der Waals surface area contributed by atoms with Gasteiger partial charge in [-0.05, 0) is 45.2 Å². The number of hydrogen-bond acceptors (Lipinski definition) is 2. The minimum atomic E-state index is -1.05. The summed E-state index contributed by atoms with van der Waals surface area (Å²) in [5.41, 5.74) is 1.05. The van der Waals surface area contributed by atoms with E-state index in [1.165, 1.54) is 5.56 Å². The van der Waals surface area contributed by atoms with Crippen molar-refractivity contribution in [3.8, 4) is 0 Å². The van der Waals surface area contributed by atoms with Gasteiger partial charge in [0.2, 0.25) is 11.8 Å². The number of nitrogens with one attached hydrogen (secondary N) is 1. The zero-order valence-electron chi connectivity index (χ0n) is 13.3. The van der Waals surface area contributed by atoms with Gasteiger partial charge >= 0.3 is 0 Å². The molecule has 4 heteroatoms. The third-order valence-electron chi connectivity index (χ3n) is 4.06. The first-order valence-corrected chi connectivity index (χ1v) is 7.59. The average molecular weight is 288 g/mol. The predicted molar refractivity (Wildman–Crippen MR) is 84.2 cm³/mol. The van der Waals surface area contributed by atoms with E-state index in [-0.39, 0.29) is 17.9 Å². The molecule has 0 aromatic heterocycles. The quantitative estimate of drug-likeness (QED) is 0.866. The van der Waals surface area contributed by atoms with Gasteiger partial charge in [-0.3, -0.25) is 9.59 Å². The van der Waals surface area contributed by atoms with Gasteiger partial charge in [-0.2, -0.15) is 0 Å². The molecular weight excluding hydrogens is 264 g/mol. The topological polar surface area (TPSA) is 49.4 Å². The molecule has 1 aromatic rings. The molecule has 114 valence electrons. The van der Waals surface area contributed by atoms with E-state index >= 15 is 0 Å². The van der Waals surface area contributed by atoms with Crippen LogP contribution in [0.1, 0.15) is 39.7 Å². The second-order valence-electron chi connectivity index (χ2n) is 6.24. The lowest BCUT2D eigenvalue weighted by Crippen LogP contribution is -2.51. The molecule has 0 fully saturated rings. The van der Waals surface area contributed by atoms with Crippen LogP contribution < -0.4 is 10.2 Å². The summed E-state index contributed by atoms with van der Waals surface area (Å²) in [5, 5.41) is 2.83. The molecule has 2 amide bonds. The van der Waals surface area contributed by atoms with E-state index in [1.807, 2.05) is 38.1 Å². The predicted octanol–water partition coefficient (Wildman–Crippen LogP) is 2.52. The fraction of sp³-hybridized carbons (Fsp3) is 0.529. The van der Waals surface area contributed by atoms with Crippen LogP contribution in [0.5, 0.6) is 0 Å². The van der Waals surface area contributed by atoms with Gasteiger partial charge in [0.1, 0.15) is 5.41 Å². The molecule has 4 nitrogen and oxygen atoms in total. The van der Waals surface area contributed by atoms with Crippen LogP contribution in [-0.2, 0) is 16.0 Å². The molecule has 1 aliphatic heterocycles. The van der Waals surface area contributed by atoms with Gasteiger partial charge in [0.25, 0.3) is 0 Å². The van der Waals surface area contributed by atoms with Crippen molar-refractivity contribution >= 4 is 17.5 Å². The molecular formula is C17H24N2O2. The molecule has 0 spiro atoms. The van der Waals surface area contributed by atoms with Crippen molar-refractivity contribution in [2.45, 2.75) is 46.6 Å². The Morgan fingerprint density at radius 1 is 1.33 bits per heavy atom. The standard InChI is InChI=1S/C17H24N2O2/c1-5-10-18-15(20)17(3,4)16(21)19-12(2)11-13-8-6-7-9-14(13)19/h6-9,12H,5,10-11H2,1-4H3,(H,18,20). The van der Waals surface area contributed by atoms with Gasteiger partial charge in [-0.1, -0.05) is 25.1 Å². The van der Waals surface area contributed by atoms with Crippen molar-refractivity contribution in [1.82, 2.24) is 5.32 Å². The summed E-state index contributed by atoms with van der Waals surface area (Å²) in [6.07, 6.45) is 1.70. The molecule has 1 aliphatic rings. The summed E-state index contributed by atoms with van der Waals surface area (Å²) >= 11 is 0. The monoisotopic (exact) mass is 288 g/mol. The number of rotatable bonds is 4. The molecule has 0 bridgehead atoms. The SMILES string of the molecule is CCCNC(=O)C(C)(C)C(=O)N1c2ccccc2CC1C. The van der Waals surface area contributed by atoms with Crippen LogP contribution in [0.3, 0.4) is 0 Å². The molecule has 1 unspecified atom stereocenters. The summed E-state index contributed by atoms with van der Waals surface area (Å²) in [5.74, 6) is -0.334. The van der Waals surface area contributed by atoms with Crippen LogP contribution in [0, 0.1) is 5.41 Å². The highest BCUT2D eigenvalue weighted by molar-refractivity contribution is 6.12. The van der Waals surface area contributed by atoms with Gasteiger partial charge in [-0.25, -0.2) is 0 Å². The lowest BCUT2D eigenvalue weighted by Gasteiger charge is -2.31. The Hall–Kier alpha value is -1.84. The normalized spacial score (nSPS) is 17.5. The average Bonchev–Trinajstić information content (AvgIpc) is 2.79. The summed E-state index contributed by atoms with van der Waals surface area (Å²) in [6, 6.07) is 8.01. The molecule has 1 aromatic carbocycles. The van der Waals surface area contributed by atoms with E-state index in [0.29, 0.717) is 6.54 Å². The Morgan fingerprint density at radius 3 is 2.67 bits per heavy atom. The van der Waals surface area contributed by atoms with Crippen LogP contribution in [0.4, 0.5) is 5.69 Å². The maximum absolute atomic E-state index is 12.9. The second kappa shape index (κ2) is 5.88. The highest BCUT2D eigenvalue weighted by Crippen LogP contribution is 2.35. The number of fused-ring (bicyclic) bond motifs is 1. The minimum Gasteiger partial charge on any atom is -0.355 e. The minimum absolute atomic E-state index is 0.0909. The molecule has 21 heavy (non-hydrogen) atoms. The highest BCUT2D eigenvalue weighted by Gasteiger charge is 2.43. The molecule has 0 saturated carbocycles. The van der Waals surface area contributed by atoms with Crippen molar-refractivity contribution in [2.24, 2.45) is 5.41 Å². The lowest BCUT2D eigenvalue weighted by atomic mass is 9.89. The molecule has 1 heterocycles. The van der Waals surface area contributed by atoms with Crippen molar-refractivity contribution in [3.05, 3.63) is 29.8 Å². The first-order valence-electron chi connectivity index (χ1n) is 7.59. The number of carbonyl (C=O) groups is 2. The van der Waals surface area contributed by atoms with Gasteiger partial charge in [-0.15, -0.1) is 0 Å². The molecule has 0 aliphatic carbocycles. The van der Waals surface area contributed by atoms with E-state index in [4.69, 9.17) is 0 Å². The third-order valence-corrected chi connectivity index (χ3v) is 4.06. The Kier molecular flexibility index (Phi) is 4.35. The molecule has 0 saturated heterocycles.